The molecule has 1 unspecified atom stereocenters. The van der Waals surface area contributed by atoms with Crippen LogP contribution in [-0.2, 0) is 16.1 Å². The molecule has 17 heavy (non-hydrogen) atoms. The zero-order valence-electron chi connectivity index (χ0n) is 9.99. The average molecular weight is 300 g/mol. The number of hydrogen-bond acceptors (Lipinski definition) is 3. The molecule has 1 rings (SSSR count). The number of esters is 1. The predicted molar refractivity (Wildman–Crippen MR) is 71.4 cm³/mol. The smallest absolute Gasteiger partial charge is 0.310 e. The molecule has 2 N–H and O–H groups in total. The highest BCUT2D eigenvalue weighted by atomic mass is 79.9. The molecule has 0 aliphatic carbocycles. The molecule has 4 heteroatoms. The van der Waals surface area contributed by atoms with Crippen molar-refractivity contribution in [1.82, 2.24) is 0 Å². The third-order valence-electron chi connectivity index (χ3n) is 2.55. The molecule has 0 radical (unpaired) electrons. The Morgan fingerprint density at radius 2 is 2.06 bits per heavy atom. The van der Waals surface area contributed by atoms with E-state index in [0.29, 0.717) is 13.2 Å². The van der Waals surface area contributed by atoms with Crippen LogP contribution < -0.4 is 5.73 Å². The maximum atomic E-state index is 11.7. The Hall–Kier alpha value is -0.870. The van der Waals surface area contributed by atoms with Gasteiger partial charge < -0.3 is 10.5 Å². The number of hydrogen-bond donors (Lipinski definition) is 1. The summed E-state index contributed by atoms with van der Waals surface area (Å²) >= 11 is 3.36. The van der Waals surface area contributed by atoms with Crippen LogP contribution in [0, 0.1) is 5.92 Å². The minimum atomic E-state index is -0.197. The lowest BCUT2D eigenvalue weighted by atomic mass is 10.0. The van der Waals surface area contributed by atoms with Crippen LogP contribution in [-0.4, -0.2) is 12.5 Å². The van der Waals surface area contributed by atoms with Gasteiger partial charge in [-0.05, 0) is 24.1 Å². The van der Waals surface area contributed by atoms with Crippen LogP contribution >= 0.6 is 15.9 Å². The van der Waals surface area contributed by atoms with E-state index in [9.17, 15) is 4.79 Å². The van der Waals surface area contributed by atoms with E-state index in [2.05, 4.69) is 15.9 Å². The fourth-order valence-corrected chi connectivity index (χ4v) is 1.80. The van der Waals surface area contributed by atoms with E-state index in [1.165, 1.54) is 0 Å². The monoisotopic (exact) mass is 299 g/mol. The summed E-state index contributed by atoms with van der Waals surface area (Å²) < 4.78 is 6.25. The van der Waals surface area contributed by atoms with Crippen LogP contribution in [0.3, 0.4) is 0 Å². The van der Waals surface area contributed by atoms with Gasteiger partial charge in [0.05, 0.1) is 5.92 Å². The molecular formula is C13H18BrNO2. The zero-order valence-corrected chi connectivity index (χ0v) is 11.6. The number of benzene rings is 1. The van der Waals surface area contributed by atoms with Crippen LogP contribution in [0.4, 0.5) is 0 Å². The lowest BCUT2D eigenvalue weighted by molar-refractivity contribution is -0.149. The van der Waals surface area contributed by atoms with Gasteiger partial charge in [-0.2, -0.15) is 0 Å². The minimum absolute atomic E-state index is 0.171. The summed E-state index contributed by atoms with van der Waals surface area (Å²) in [7, 11) is 0. The van der Waals surface area contributed by atoms with Crippen LogP contribution in [0.25, 0.3) is 0 Å². The number of nitrogens with two attached hydrogens (primary N) is 1. The molecule has 0 saturated carbocycles. The zero-order chi connectivity index (χ0) is 12.7. The summed E-state index contributed by atoms with van der Waals surface area (Å²) in [5.74, 6) is -0.368. The SMILES string of the molecule is CCCC(CN)C(=O)OCc1ccc(Br)cc1. The van der Waals surface area contributed by atoms with E-state index in [-0.39, 0.29) is 11.9 Å². The van der Waals surface area contributed by atoms with E-state index < -0.39 is 0 Å². The maximum Gasteiger partial charge on any atom is 0.310 e. The first-order valence-electron chi connectivity index (χ1n) is 5.78. The fraction of sp³-hybridized carbons (Fsp3) is 0.462. The Morgan fingerprint density at radius 1 is 1.41 bits per heavy atom. The molecule has 0 spiro atoms. The Balaban J connectivity index is 2.44. The normalized spacial score (nSPS) is 12.2. The Kier molecular flexibility index (Phi) is 6.22. The number of carbonyl (C=O) groups excluding carboxylic acids is 1. The number of rotatable bonds is 6. The maximum absolute atomic E-state index is 11.7. The molecule has 0 bridgehead atoms. The van der Waals surface area contributed by atoms with Gasteiger partial charge in [-0.1, -0.05) is 41.4 Å². The summed E-state index contributed by atoms with van der Waals surface area (Å²) in [6.45, 7) is 2.70. The summed E-state index contributed by atoms with van der Waals surface area (Å²) in [5, 5.41) is 0. The third kappa shape index (κ3) is 4.88. The summed E-state index contributed by atoms with van der Waals surface area (Å²) in [4.78, 5) is 11.7. The van der Waals surface area contributed by atoms with Crippen molar-refractivity contribution in [2.24, 2.45) is 11.7 Å². The molecule has 94 valence electrons. The molecule has 1 aromatic carbocycles. The van der Waals surface area contributed by atoms with E-state index in [1.54, 1.807) is 0 Å². The van der Waals surface area contributed by atoms with Gasteiger partial charge in [-0.3, -0.25) is 4.79 Å². The first-order chi connectivity index (χ1) is 8.17. The summed E-state index contributed by atoms with van der Waals surface area (Å²) in [6, 6.07) is 7.70. The van der Waals surface area contributed by atoms with Gasteiger partial charge in [0.25, 0.3) is 0 Å². The molecule has 1 aromatic rings. The van der Waals surface area contributed by atoms with Gasteiger partial charge in [0, 0.05) is 11.0 Å². The van der Waals surface area contributed by atoms with Gasteiger partial charge in [-0.15, -0.1) is 0 Å². The van der Waals surface area contributed by atoms with Gasteiger partial charge in [0.15, 0.2) is 0 Å². The van der Waals surface area contributed by atoms with Crippen LogP contribution in [0.5, 0.6) is 0 Å². The molecule has 0 aromatic heterocycles. The molecule has 0 saturated heterocycles. The lowest BCUT2D eigenvalue weighted by Crippen LogP contribution is -2.25. The second-order valence-electron chi connectivity index (χ2n) is 3.96. The van der Waals surface area contributed by atoms with Crippen molar-refractivity contribution in [2.75, 3.05) is 6.54 Å². The van der Waals surface area contributed by atoms with Crippen molar-refractivity contribution in [3.8, 4) is 0 Å². The van der Waals surface area contributed by atoms with Crippen LogP contribution in [0.15, 0.2) is 28.7 Å². The largest absolute Gasteiger partial charge is 0.461 e. The van der Waals surface area contributed by atoms with Crippen molar-refractivity contribution >= 4 is 21.9 Å². The van der Waals surface area contributed by atoms with Gasteiger partial charge >= 0.3 is 5.97 Å². The molecule has 0 fully saturated rings. The van der Waals surface area contributed by atoms with Crippen molar-refractivity contribution in [3.05, 3.63) is 34.3 Å². The molecule has 0 heterocycles. The highest BCUT2D eigenvalue weighted by Gasteiger charge is 2.17. The topological polar surface area (TPSA) is 52.3 Å². The third-order valence-corrected chi connectivity index (χ3v) is 3.08. The number of carbonyl (C=O) groups is 1. The van der Waals surface area contributed by atoms with Crippen molar-refractivity contribution in [1.29, 1.82) is 0 Å². The fourth-order valence-electron chi connectivity index (χ4n) is 1.53. The van der Waals surface area contributed by atoms with E-state index in [1.807, 2.05) is 31.2 Å². The Labute approximate surface area is 110 Å². The molecule has 0 aliphatic heterocycles. The minimum Gasteiger partial charge on any atom is -0.461 e. The molecule has 1 atom stereocenters. The molecule has 0 aliphatic rings. The first kappa shape index (κ1) is 14.2. The second-order valence-corrected chi connectivity index (χ2v) is 4.87. The van der Waals surface area contributed by atoms with E-state index >= 15 is 0 Å². The highest BCUT2D eigenvalue weighted by molar-refractivity contribution is 9.10. The Bertz CT molecular complexity index is 351. The number of halogens is 1. The molecule has 0 amide bonds. The van der Waals surface area contributed by atoms with Gasteiger partial charge in [0.1, 0.15) is 6.61 Å². The number of ether oxygens (including phenoxy) is 1. The summed E-state index contributed by atoms with van der Waals surface area (Å²) in [6.07, 6.45) is 1.73. The first-order valence-corrected chi connectivity index (χ1v) is 6.57. The second kappa shape index (κ2) is 7.45. The lowest BCUT2D eigenvalue weighted by Gasteiger charge is -2.13. The van der Waals surface area contributed by atoms with Crippen LogP contribution in [0.2, 0.25) is 0 Å². The Morgan fingerprint density at radius 3 is 2.59 bits per heavy atom. The van der Waals surface area contributed by atoms with Crippen molar-refractivity contribution in [3.63, 3.8) is 0 Å². The molecule has 3 nitrogen and oxygen atoms in total. The van der Waals surface area contributed by atoms with Gasteiger partial charge in [-0.25, -0.2) is 0 Å². The van der Waals surface area contributed by atoms with Crippen molar-refractivity contribution in [2.45, 2.75) is 26.4 Å². The van der Waals surface area contributed by atoms with E-state index in [4.69, 9.17) is 10.5 Å². The van der Waals surface area contributed by atoms with Crippen molar-refractivity contribution < 1.29 is 9.53 Å². The van der Waals surface area contributed by atoms with E-state index in [0.717, 1.165) is 22.9 Å². The molecular weight excluding hydrogens is 282 g/mol. The highest BCUT2D eigenvalue weighted by Crippen LogP contribution is 2.13. The van der Waals surface area contributed by atoms with Crippen LogP contribution in [0.1, 0.15) is 25.3 Å². The summed E-state index contributed by atoms with van der Waals surface area (Å²) in [5.41, 5.74) is 6.52. The van der Waals surface area contributed by atoms with Gasteiger partial charge in [0.2, 0.25) is 0 Å². The average Bonchev–Trinajstić information content (AvgIpc) is 2.35. The quantitative estimate of drug-likeness (QED) is 0.822. The predicted octanol–water partition coefficient (Wildman–Crippen LogP) is 2.87. The standard InChI is InChI=1S/C13H18BrNO2/c1-2-3-11(8-15)13(16)17-9-10-4-6-12(14)7-5-10/h4-7,11H,2-3,8-9,15H2,1H3.